The van der Waals surface area contributed by atoms with Crippen molar-refractivity contribution in [3.05, 3.63) is 54.7 Å². The lowest BCUT2D eigenvalue weighted by Gasteiger charge is -2.12. The van der Waals surface area contributed by atoms with Crippen LogP contribution in [0.25, 0.3) is 27.8 Å². The normalized spacial score (nSPS) is 11.1. The summed E-state index contributed by atoms with van der Waals surface area (Å²) >= 11 is 0. The Balaban J connectivity index is 1.92. The SMILES string of the molecule is CC(C)n1cc(-c2cc(-c3ccc(N(C)C)nc3)c3c(C#N)cnn3c2)cn1. The summed E-state index contributed by atoms with van der Waals surface area (Å²) < 4.78 is 3.69. The van der Waals surface area contributed by atoms with Gasteiger partial charge in [-0.15, -0.1) is 0 Å². The molecular formula is C21H21N7. The third kappa shape index (κ3) is 2.99. The second kappa shape index (κ2) is 6.82. The Kier molecular flexibility index (Phi) is 4.32. The van der Waals surface area contributed by atoms with E-state index in [1.54, 1.807) is 10.7 Å². The molecule has 4 rings (SSSR count). The molecule has 4 aromatic rings. The maximum Gasteiger partial charge on any atom is 0.127 e. The number of hydrogen-bond acceptors (Lipinski definition) is 5. The van der Waals surface area contributed by atoms with Crippen LogP contribution >= 0.6 is 0 Å². The van der Waals surface area contributed by atoms with Gasteiger partial charge in [-0.1, -0.05) is 0 Å². The number of aromatic nitrogens is 5. The molecule has 0 aliphatic heterocycles. The van der Waals surface area contributed by atoms with Crippen molar-refractivity contribution in [3.63, 3.8) is 0 Å². The first-order valence-corrected chi connectivity index (χ1v) is 9.07. The lowest BCUT2D eigenvalue weighted by molar-refractivity contribution is 0.532. The highest BCUT2D eigenvalue weighted by atomic mass is 15.3. The van der Waals surface area contributed by atoms with Crippen LogP contribution in [0.2, 0.25) is 0 Å². The van der Waals surface area contributed by atoms with Gasteiger partial charge in [0.1, 0.15) is 11.9 Å². The van der Waals surface area contributed by atoms with Gasteiger partial charge in [-0.25, -0.2) is 9.50 Å². The Morgan fingerprint density at radius 2 is 1.82 bits per heavy atom. The molecule has 0 spiro atoms. The highest BCUT2D eigenvalue weighted by molar-refractivity contribution is 5.87. The first-order valence-electron chi connectivity index (χ1n) is 9.07. The van der Waals surface area contributed by atoms with Gasteiger partial charge in [0.25, 0.3) is 0 Å². The lowest BCUT2D eigenvalue weighted by atomic mass is 10.0. The molecule has 4 heterocycles. The summed E-state index contributed by atoms with van der Waals surface area (Å²) in [5.74, 6) is 0.878. The monoisotopic (exact) mass is 371 g/mol. The Hall–Kier alpha value is -3.66. The third-order valence-electron chi connectivity index (χ3n) is 4.71. The molecule has 7 heteroatoms. The molecule has 0 bridgehead atoms. The molecule has 0 saturated heterocycles. The van der Waals surface area contributed by atoms with E-state index in [0.717, 1.165) is 33.6 Å². The van der Waals surface area contributed by atoms with Gasteiger partial charge in [0.15, 0.2) is 0 Å². The van der Waals surface area contributed by atoms with Crippen LogP contribution < -0.4 is 4.90 Å². The van der Waals surface area contributed by atoms with Crippen LogP contribution in [-0.4, -0.2) is 38.5 Å². The van der Waals surface area contributed by atoms with Gasteiger partial charge in [0, 0.05) is 61.0 Å². The zero-order chi connectivity index (χ0) is 19.8. The molecule has 28 heavy (non-hydrogen) atoms. The molecule has 0 fully saturated rings. The third-order valence-corrected chi connectivity index (χ3v) is 4.71. The molecule has 0 saturated carbocycles. The molecule has 0 atom stereocenters. The average molecular weight is 371 g/mol. The van der Waals surface area contributed by atoms with E-state index in [1.807, 2.05) is 60.6 Å². The highest BCUT2D eigenvalue weighted by Gasteiger charge is 2.15. The van der Waals surface area contributed by atoms with E-state index in [1.165, 1.54) is 0 Å². The van der Waals surface area contributed by atoms with Crippen molar-refractivity contribution in [2.24, 2.45) is 0 Å². The minimum Gasteiger partial charge on any atom is -0.363 e. The van der Waals surface area contributed by atoms with Gasteiger partial charge >= 0.3 is 0 Å². The minimum absolute atomic E-state index is 0.287. The van der Waals surface area contributed by atoms with Crippen molar-refractivity contribution in [1.82, 2.24) is 24.4 Å². The predicted octanol–water partition coefficient (Wildman–Crippen LogP) is 3.78. The number of hydrogen-bond donors (Lipinski definition) is 0. The van der Waals surface area contributed by atoms with Gasteiger partial charge in [0.05, 0.1) is 23.5 Å². The van der Waals surface area contributed by atoms with Crippen molar-refractivity contribution in [3.8, 4) is 28.3 Å². The summed E-state index contributed by atoms with van der Waals surface area (Å²) in [4.78, 5) is 6.48. The fourth-order valence-electron chi connectivity index (χ4n) is 3.16. The summed E-state index contributed by atoms with van der Waals surface area (Å²) in [6.45, 7) is 4.19. The van der Waals surface area contributed by atoms with Crippen molar-refractivity contribution in [2.75, 3.05) is 19.0 Å². The van der Waals surface area contributed by atoms with Crippen molar-refractivity contribution < 1.29 is 0 Å². The smallest absolute Gasteiger partial charge is 0.127 e. The largest absolute Gasteiger partial charge is 0.363 e. The van der Waals surface area contributed by atoms with E-state index in [2.05, 4.69) is 41.2 Å². The van der Waals surface area contributed by atoms with Crippen molar-refractivity contribution >= 4 is 11.3 Å². The second-order valence-corrected chi connectivity index (χ2v) is 7.21. The van der Waals surface area contributed by atoms with Gasteiger partial charge in [-0.3, -0.25) is 4.68 Å². The number of rotatable bonds is 4. The van der Waals surface area contributed by atoms with Crippen molar-refractivity contribution in [1.29, 1.82) is 5.26 Å². The molecule has 0 N–H and O–H groups in total. The Bertz CT molecular complexity index is 1170. The quantitative estimate of drug-likeness (QED) is 0.546. The van der Waals surface area contributed by atoms with E-state index in [4.69, 9.17) is 0 Å². The molecule has 0 aliphatic rings. The fraction of sp³-hybridized carbons (Fsp3) is 0.238. The molecule has 0 amide bonds. The average Bonchev–Trinajstić information content (AvgIpc) is 3.34. The number of fused-ring (bicyclic) bond motifs is 1. The maximum absolute atomic E-state index is 9.52. The minimum atomic E-state index is 0.287. The zero-order valence-corrected chi connectivity index (χ0v) is 16.3. The molecule has 7 nitrogen and oxygen atoms in total. The molecule has 140 valence electrons. The second-order valence-electron chi connectivity index (χ2n) is 7.21. The van der Waals surface area contributed by atoms with Crippen LogP contribution in [0.3, 0.4) is 0 Å². The van der Waals surface area contributed by atoms with Crippen LogP contribution in [0.5, 0.6) is 0 Å². The Morgan fingerprint density at radius 3 is 2.43 bits per heavy atom. The van der Waals surface area contributed by atoms with Crippen LogP contribution in [0.4, 0.5) is 5.82 Å². The molecular weight excluding hydrogens is 350 g/mol. The molecule has 0 unspecified atom stereocenters. The number of anilines is 1. The molecule has 0 aromatic carbocycles. The van der Waals surface area contributed by atoms with Crippen LogP contribution in [0, 0.1) is 11.3 Å². The van der Waals surface area contributed by atoms with Gasteiger partial charge in [-0.2, -0.15) is 15.5 Å². The fourth-order valence-corrected chi connectivity index (χ4v) is 3.16. The van der Waals surface area contributed by atoms with Crippen molar-refractivity contribution in [2.45, 2.75) is 19.9 Å². The van der Waals surface area contributed by atoms with E-state index in [-0.39, 0.29) is 6.04 Å². The topological polar surface area (TPSA) is 75.0 Å². The van der Waals surface area contributed by atoms with E-state index in [9.17, 15) is 5.26 Å². The molecule has 4 aromatic heterocycles. The Labute approximate surface area is 163 Å². The summed E-state index contributed by atoms with van der Waals surface area (Å²) in [5, 5.41) is 18.4. The first kappa shape index (κ1) is 17.7. The van der Waals surface area contributed by atoms with E-state index in [0.29, 0.717) is 5.56 Å². The van der Waals surface area contributed by atoms with Crippen LogP contribution in [-0.2, 0) is 0 Å². The Morgan fingerprint density at radius 1 is 1.00 bits per heavy atom. The van der Waals surface area contributed by atoms with Gasteiger partial charge in [-0.05, 0) is 32.0 Å². The van der Waals surface area contributed by atoms with Gasteiger partial charge < -0.3 is 4.90 Å². The first-order chi connectivity index (χ1) is 13.5. The molecule has 0 radical (unpaired) electrons. The maximum atomic E-state index is 9.52. The number of nitriles is 1. The van der Waals surface area contributed by atoms with Crippen LogP contribution in [0.15, 0.2) is 49.2 Å². The zero-order valence-electron chi connectivity index (χ0n) is 16.3. The number of nitrogens with zero attached hydrogens (tertiary/aromatic N) is 7. The predicted molar refractivity (Wildman–Crippen MR) is 109 cm³/mol. The van der Waals surface area contributed by atoms with Gasteiger partial charge in [0.2, 0.25) is 0 Å². The highest BCUT2D eigenvalue weighted by Crippen LogP contribution is 2.32. The van der Waals surface area contributed by atoms with E-state index < -0.39 is 0 Å². The summed E-state index contributed by atoms with van der Waals surface area (Å²) in [7, 11) is 3.91. The number of pyridine rings is 2. The standard InChI is InChI=1S/C21H21N7/c1-14(2)27-13-18(11-24-27)16-7-19(15-5-6-20(23-9-15)26(3)4)21-17(8-22)10-25-28(21)12-16/h5-7,9-14H,1-4H3. The summed E-state index contributed by atoms with van der Waals surface area (Å²) in [6, 6.07) is 8.59. The summed E-state index contributed by atoms with van der Waals surface area (Å²) in [6.07, 6.45) is 9.25. The van der Waals surface area contributed by atoms with Crippen LogP contribution in [0.1, 0.15) is 25.5 Å². The lowest BCUT2D eigenvalue weighted by Crippen LogP contribution is -2.10. The van der Waals surface area contributed by atoms with E-state index >= 15 is 0 Å². The molecule has 0 aliphatic carbocycles. The summed E-state index contributed by atoms with van der Waals surface area (Å²) in [5.41, 5.74) is 5.16.